The van der Waals surface area contributed by atoms with Gasteiger partial charge in [0.05, 0.1) is 5.56 Å². The number of benzene rings is 1. The van der Waals surface area contributed by atoms with Crippen molar-refractivity contribution in [2.45, 2.75) is 19.8 Å². The van der Waals surface area contributed by atoms with Crippen LogP contribution < -0.4 is 0 Å². The number of likely N-dealkylation sites (tertiary alicyclic amines) is 1. The third-order valence-corrected chi connectivity index (χ3v) is 4.39. The molecule has 1 aromatic rings. The Bertz CT molecular complexity index is 441. The molecule has 98 valence electrons. The van der Waals surface area contributed by atoms with Gasteiger partial charge >= 0.3 is 0 Å². The summed E-state index contributed by atoms with van der Waals surface area (Å²) in [6.45, 7) is 3.27. The van der Waals surface area contributed by atoms with Crippen LogP contribution in [-0.4, -0.2) is 29.2 Å². The molecule has 1 aliphatic heterocycles. The fourth-order valence-electron chi connectivity index (χ4n) is 2.25. The largest absolute Gasteiger partial charge is 0.339 e. The molecule has 2 nitrogen and oxygen atoms in total. The lowest BCUT2D eigenvalue weighted by molar-refractivity contribution is 0.0694. The summed E-state index contributed by atoms with van der Waals surface area (Å²) in [6.07, 6.45) is 1.98. The first-order valence-corrected chi connectivity index (χ1v) is 7.35. The fourth-order valence-corrected chi connectivity index (χ4v) is 2.90. The first kappa shape index (κ1) is 13.5. The van der Waals surface area contributed by atoms with Crippen LogP contribution >= 0.6 is 15.9 Å². The van der Waals surface area contributed by atoms with Gasteiger partial charge in [-0.3, -0.25) is 4.79 Å². The maximum Gasteiger partial charge on any atom is 0.256 e. The number of hydrogen-bond acceptors (Lipinski definition) is 1. The molecule has 1 aliphatic rings. The van der Waals surface area contributed by atoms with Gasteiger partial charge in [0, 0.05) is 18.4 Å². The molecule has 0 atom stereocenters. The molecule has 1 fully saturated rings. The van der Waals surface area contributed by atoms with Crippen LogP contribution in [0, 0.1) is 18.7 Å². The number of hydrogen-bond donors (Lipinski definition) is 0. The zero-order chi connectivity index (χ0) is 13.1. The molecule has 0 spiro atoms. The van der Waals surface area contributed by atoms with E-state index >= 15 is 0 Å². The summed E-state index contributed by atoms with van der Waals surface area (Å²) in [4.78, 5) is 14.0. The average molecular weight is 314 g/mol. The number of rotatable bonds is 2. The van der Waals surface area contributed by atoms with E-state index in [1.807, 2.05) is 6.92 Å². The molecular weight excluding hydrogens is 297 g/mol. The first-order valence-electron chi connectivity index (χ1n) is 6.23. The van der Waals surface area contributed by atoms with Gasteiger partial charge in [-0.25, -0.2) is 4.39 Å². The zero-order valence-electron chi connectivity index (χ0n) is 10.5. The van der Waals surface area contributed by atoms with Crippen LogP contribution in [0.4, 0.5) is 4.39 Å². The lowest BCUT2D eigenvalue weighted by Crippen LogP contribution is -2.39. The minimum atomic E-state index is -0.414. The van der Waals surface area contributed by atoms with Crippen LogP contribution in [0.5, 0.6) is 0 Å². The molecule has 2 rings (SSSR count). The lowest BCUT2D eigenvalue weighted by atomic mass is 9.98. The second kappa shape index (κ2) is 5.83. The van der Waals surface area contributed by atoms with Gasteiger partial charge in [-0.1, -0.05) is 22.0 Å². The predicted octanol–water partition coefficient (Wildman–Crippen LogP) is 3.38. The summed E-state index contributed by atoms with van der Waals surface area (Å²) < 4.78 is 13.7. The number of nitrogens with zero attached hydrogens (tertiary/aromatic N) is 1. The van der Waals surface area contributed by atoms with Crippen molar-refractivity contribution in [2.75, 3.05) is 18.4 Å². The Morgan fingerprint density at radius 3 is 2.67 bits per heavy atom. The summed E-state index contributed by atoms with van der Waals surface area (Å²) >= 11 is 3.47. The van der Waals surface area contributed by atoms with Gasteiger partial charge in [-0.2, -0.15) is 0 Å². The summed E-state index contributed by atoms with van der Waals surface area (Å²) in [5.74, 6) is 0.0417. The Labute approximate surface area is 115 Å². The molecule has 0 N–H and O–H groups in total. The van der Waals surface area contributed by atoms with Gasteiger partial charge in [0.15, 0.2) is 0 Å². The van der Waals surface area contributed by atoms with Gasteiger partial charge in [-0.05, 0) is 43.4 Å². The Balaban J connectivity index is 2.08. The molecule has 0 aliphatic carbocycles. The highest BCUT2D eigenvalue weighted by atomic mass is 79.9. The smallest absolute Gasteiger partial charge is 0.256 e. The van der Waals surface area contributed by atoms with Crippen LogP contribution in [0.1, 0.15) is 28.8 Å². The van der Waals surface area contributed by atoms with Crippen molar-refractivity contribution in [3.8, 4) is 0 Å². The third-order valence-electron chi connectivity index (χ3n) is 3.47. The molecule has 0 aromatic heterocycles. The van der Waals surface area contributed by atoms with Crippen LogP contribution in [0.2, 0.25) is 0 Å². The quantitative estimate of drug-likeness (QED) is 0.766. The van der Waals surface area contributed by atoms with Gasteiger partial charge in [0.1, 0.15) is 5.82 Å². The van der Waals surface area contributed by atoms with E-state index < -0.39 is 5.82 Å². The molecule has 0 saturated carbocycles. The molecule has 0 unspecified atom stereocenters. The zero-order valence-corrected chi connectivity index (χ0v) is 12.0. The Morgan fingerprint density at radius 1 is 1.44 bits per heavy atom. The van der Waals surface area contributed by atoms with Crippen LogP contribution in [-0.2, 0) is 0 Å². The minimum Gasteiger partial charge on any atom is -0.339 e. The number of amides is 1. The van der Waals surface area contributed by atoms with Gasteiger partial charge < -0.3 is 4.90 Å². The van der Waals surface area contributed by atoms with E-state index in [0.29, 0.717) is 5.92 Å². The highest BCUT2D eigenvalue weighted by molar-refractivity contribution is 9.09. The number of aryl methyl sites for hydroxylation is 1. The highest BCUT2D eigenvalue weighted by Crippen LogP contribution is 2.21. The van der Waals surface area contributed by atoms with Crippen molar-refractivity contribution in [1.82, 2.24) is 4.90 Å². The van der Waals surface area contributed by atoms with Crippen molar-refractivity contribution in [3.63, 3.8) is 0 Å². The Morgan fingerprint density at radius 2 is 2.11 bits per heavy atom. The second-order valence-electron chi connectivity index (χ2n) is 4.87. The predicted molar refractivity (Wildman–Crippen MR) is 73.6 cm³/mol. The second-order valence-corrected chi connectivity index (χ2v) is 5.52. The van der Waals surface area contributed by atoms with Crippen molar-refractivity contribution >= 4 is 21.8 Å². The molecule has 4 heteroatoms. The third kappa shape index (κ3) is 2.91. The van der Waals surface area contributed by atoms with Gasteiger partial charge in [-0.15, -0.1) is 0 Å². The van der Waals surface area contributed by atoms with Crippen molar-refractivity contribution < 1.29 is 9.18 Å². The van der Waals surface area contributed by atoms with Crippen LogP contribution in [0.15, 0.2) is 18.2 Å². The van der Waals surface area contributed by atoms with Gasteiger partial charge in [0.25, 0.3) is 5.91 Å². The molecule has 1 heterocycles. The van der Waals surface area contributed by atoms with E-state index in [-0.39, 0.29) is 11.5 Å². The topological polar surface area (TPSA) is 20.3 Å². The first-order chi connectivity index (χ1) is 8.61. The van der Waals surface area contributed by atoms with E-state index in [0.717, 1.165) is 36.8 Å². The normalized spacial score (nSPS) is 16.9. The summed E-state index contributed by atoms with van der Waals surface area (Å²) in [7, 11) is 0. The van der Waals surface area contributed by atoms with E-state index in [1.54, 1.807) is 17.0 Å². The van der Waals surface area contributed by atoms with Crippen molar-refractivity contribution in [1.29, 1.82) is 0 Å². The molecular formula is C14H17BrFNO. The average Bonchev–Trinajstić information content (AvgIpc) is 2.38. The molecule has 1 amide bonds. The molecule has 0 bridgehead atoms. The molecule has 18 heavy (non-hydrogen) atoms. The SMILES string of the molecule is Cc1ccc(C(=O)N2CCC(CBr)CC2)c(F)c1. The number of piperidine rings is 1. The van der Waals surface area contributed by atoms with Gasteiger partial charge in [0.2, 0.25) is 0 Å². The Kier molecular flexibility index (Phi) is 4.38. The minimum absolute atomic E-state index is 0.180. The standard InChI is InChI=1S/C14H17BrFNO/c1-10-2-3-12(13(16)8-10)14(18)17-6-4-11(9-15)5-7-17/h2-3,8,11H,4-7,9H2,1H3. The summed E-state index contributed by atoms with van der Waals surface area (Å²) in [6, 6.07) is 4.78. The highest BCUT2D eigenvalue weighted by Gasteiger charge is 2.24. The number of alkyl halides is 1. The summed E-state index contributed by atoms with van der Waals surface area (Å²) in [5, 5.41) is 0.980. The van der Waals surface area contributed by atoms with Crippen molar-refractivity contribution in [2.24, 2.45) is 5.92 Å². The number of carbonyl (C=O) groups is 1. The maximum absolute atomic E-state index is 13.7. The molecule has 1 aromatic carbocycles. The van der Waals surface area contributed by atoms with E-state index in [2.05, 4.69) is 15.9 Å². The van der Waals surface area contributed by atoms with E-state index in [1.165, 1.54) is 6.07 Å². The monoisotopic (exact) mass is 313 g/mol. The summed E-state index contributed by atoms with van der Waals surface area (Å²) in [5.41, 5.74) is 1.03. The van der Waals surface area contributed by atoms with Crippen LogP contribution in [0.25, 0.3) is 0 Å². The molecule has 0 radical (unpaired) electrons. The maximum atomic E-state index is 13.7. The fraction of sp³-hybridized carbons (Fsp3) is 0.500. The van der Waals surface area contributed by atoms with E-state index in [4.69, 9.17) is 0 Å². The van der Waals surface area contributed by atoms with Crippen LogP contribution in [0.3, 0.4) is 0 Å². The number of halogens is 2. The Hall–Kier alpha value is -0.900. The number of carbonyl (C=O) groups excluding carboxylic acids is 1. The van der Waals surface area contributed by atoms with Crippen molar-refractivity contribution in [3.05, 3.63) is 35.1 Å². The lowest BCUT2D eigenvalue weighted by Gasteiger charge is -2.31. The van der Waals surface area contributed by atoms with E-state index in [9.17, 15) is 9.18 Å². The molecule has 1 saturated heterocycles.